The van der Waals surface area contributed by atoms with Crippen molar-refractivity contribution in [2.45, 2.75) is 18.4 Å². The van der Waals surface area contributed by atoms with Crippen LogP contribution in [0.5, 0.6) is 11.5 Å². The highest BCUT2D eigenvalue weighted by molar-refractivity contribution is 5.81. The molecule has 1 heterocycles. The average Bonchev–Trinajstić information content (AvgIpc) is 3.39. The summed E-state index contributed by atoms with van der Waals surface area (Å²) in [6.45, 7) is 0.259. The van der Waals surface area contributed by atoms with Gasteiger partial charge in [-0.3, -0.25) is 0 Å². The second-order valence-electron chi connectivity index (χ2n) is 7.75. The van der Waals surface area contributed by atoms with Gasteiger partial charge in [-0.1, -0.05) is 54.6 Å². The minimum Gasteiger partial charge on any atom is -0.480 e. The molecule has 1 atom stereocenters. The zero-order valence-electron chi connectivity index (χ0n) is 17.1. The third kappa shape index (κ3) is 3.73. The van der Waals surface area contributed by atoms with Gasteiger partial charge in [-0.05, 0) is 39.9 Å². The van der Waals surface area contributed by atoms with Gasteiger partial charge < -0.3 is 24.6 Å². The van der Waals surface area contributed by atoms with Crippen molar-refractivity contribution in [1.29, 1.82) is 0 Å². The molecule has 0 spiro atoms. The van der Waals surface area contributed by atoms with Gasteiger partial charge in [0.05, 0.1) is 0 Å². The standard InChI is InChI=1S/C25H21NO6/c27-24(28)21(11-15-9-10-22-23(12-15)32-14-31-22)26-25(29)30-13-20-18-7-3-1-5-16(18)17-6-2-4-8-19(17)20/h1-10,12,20-21H,11,13-14H2,(H,26,29)(H,27,28)/t21-/m1/s1. The number of alkyl carbamates (subject to hydrolysis) is 1. The van der Waals surface area contributed by atoms with Crippen LogP contribution in [0.2, 0.25) is 0 Å². The molecule has 5 rings (SSSR count). The number of rotatable bonds is 6. The molecule has 7 heteroatoms. The average molecular weight is 431 g/mol. The van der Waals surface area contributed by atoms with Gasteiger partial charge in [-0.25, -0.2) is 9.59 Å². The van der Waals surface area contributed by atoms with Crippen molar-refractivity contribution < 1.29 is 28.9 Å². The summed E-state index contributed by atoms with van der Waals surface area (Å²) >= 11 is 0. The lowest BCUT2D eigenvalue weighted by atomic mass is 9.98. The number of carboxylic acid groups (broad SMARTS) is 1. The highest BCUT2D eigenvalue weighted by atomic mass is 16.7. The molecule has 0 bridgehead atoms. The lowest BCUT2D eigenvalue weighted by Crippen LogP contribution is -2.42. The molecule has 2 N–H and O–H groups in total. The molecule has 0 fully saturated rings. The Bertz CT molecular complexity index is 1150. The number of hydrogen-bond acceptors (Lipinski definition) is 5. The number of amides is 1. The van der Waals surface area contributed by atoms with Crippen molar-refractivity contribution in [2.75, 3.05) is 13.4 Å². The zero-order valence-corrected chi connectivity index (χ0v) is 17.1. The minimum absolute atomic E-state index is 0.0923. The van der Waals surface area contributed by atoms with Gasteiger partial charge in [-0.15, -0.1) is 0 Å². The van der Waals surface area contributed by atoms with Crippen LogP contribution in [0.15, 0.2) is 66.7 Å². The molecule has 32 heavy (non-hydrogen) atoms. The number of fused-ring (bicyclic) bond motifs is 4. The first kappa shape index (κ1) is 19.9. The van der Waals surface area contributed by atoms with Crippen molar-refractivity contribution in [2.24, 2.45) is 0 Å². The maximum atomic E-state index is 12.5. The van der Waals surface area contributed by atoms with Gasteiger partial charge in [-0.2, -0.15) is 0 Å². The van der Waals surface area contributed by atoms with E-state index in [1.807, 2.05) is 36.4 Å². The van der Waals surface area contributed by atoms with Crippen LogP contribution >= 0.6 is 0 Å². The van der Waals surface area contributed by atoms with Gasteiger partial charge in [0.1, 0.15) is 12.6 Å². The molecule has 0 unspecified atom stereocenters. The summed E-state index contributed by atoms with van der Waals surface area (Å²) in [5.74, 6) is -0.0561. The number of carbonyl (C=O) groups is 2. The quantitative estimate of drug-likeness (QED) is 0.614. The smallest absolute Gasteiger partial charge is 0.407 e. The Balaban J connectivity index is 1.25. The maximum Gasteiger partial charge on any atom is 0.407 e. The predicted octanol–water partition coefficient (Wildman–Crippen LogP) is 3.95. The summed E-state index contributed by atoms with van der Waals surface area (Å²) in [6.07, 6.45) is -0.670. The van der Waals surface area contributed by atoms with Gasteiger partial charge in [0.15, 0.2) is 11.5 Å². The Kier molecular flexibility index (Phi) is 5.15. The Morgan fingerprint density at radius 2 is 1.62 bits per heavy atom. The van der Waals surface area contributed by atoms with Crippen LogP contribution in [0.25, 0.3) is 11.1 Å². The molecule has 2 aliphatic rings. The second kappa shape index (κ2) is 8.26. The van der Waals surface area contributed by atoms with E-state index in [1.54, 1.807) is 18.2 Å². The van der Waals surface area contributed by atoms with Crippen LogP contribution < -0.4 is 14.8 Å². The maximum absolute atomic E-state index is 12.5. The molecular weight excluding hydrogens is 410 g/mol. The second-order valence-corrected chi connectivity index (χ2v) is 7.75. The first-order valence-corrected chi connectivity index (χ1v) is 10.3. The summed E-state index contributed by atoms with van der Waals surface area (Å²) in [5, 5.41) is 12.1. The van der Waals surface area contributed by atoms with Crippen molar-refractivity contribution in [3.63, 3.8) is 0 Å². The van der Waals surface area contributed by atoms with Gasteiger partial charge in [0, 0.05) is 12.3 Å². The van der Waals surface area contributed by atoms with Crippen LogP contribution in [0.3, 0.4) is 0 Å². The first-order valence-electron chi connectivity index (χ1n) is 10.3. The van der Waals surface area contributed by atoms with Crippen molar-refractivity contribution in [3.8, 4) is 22.6 Å². The monoisotopic (exact) mass is 431 g/mol. The van der Waals surface area contributed by atoms with Crippen molar-refractivity contribution >= 4 is 12.1 Å². The van der Waals surface area contributed by atoms with Crippen LogP contribution in [-0.2, 0) is 16.0 Å². The summed E-state index contributed by atoms with van der Waals surface area (Å²) in [7, 11) is 0. The number of aliphatic carboxylic acids is 1. The fraction of sp³-hybridized carbons (Fsp3) is 0.200. The van der Waals surface area contributed by atoms with E-state index in [0.29, 0.717) is 17.1 Å². The normalized spacial score (nSPS) is 14.4. The van der Waals surface area contributed by atoms with Gasteiger partial charge >= 0.3 is 12.1 Å². The molecule has 0 aromatic heterocycles. The van der Waals surface area contributed by atoms with Gasteiger partial charge in [0.2, 0.25) is 6.79 Å². The van der Waals surface area contributed by atoms with Crippen LogP contribution in [0.1, 0.15) is 22.6 Å². The molecule has 1 amide bonds. The summed E-state index contributed by atoms with van der Waals surface area (Å²) < 4.78 is 16.1. The molecule has 0 saturated carbocycles. The summed E-state index contributed by atoms with van der Waals surface area (Å²) in [6, 6.07) is 20.1. The predicted molar refractivity (Wildman–Crippen MR) is 116 cm³/mol. The van der Waals surface area contributed by atoms with Crippen molar-refractivity contribution in [3.05, 3.63) is 83.4 Å². The van der Waals surface area contributed by atoms with Crippen LogP contribution in [0, 0.1) is 0 Å². The number of carbonyl (C=O) groups excluding carboxylic acids is 1. The Morgan fingerprint density at radius 1 is 0.969 bits per heavy atom. The first-order chi connectivity index (χ1) is 15.6. The van der Waals surface area contributed by atoms with E-state index in [2.05, 4.69) is 17.4 Å². The molecule has 1 aliphatic heterocycles. The van der Waals surface area contributed by atoms with Crippen LogP contribution in [0.4, 0.5) is 4.79 Å². The third-order valence-corrected chi connectivity index (χ3v) is 5.81. The fourth-order valence-corrected chi connectivity index (χ4v) is 4.29. The number of hydrogen-bond donors (Lipinski definition) is 2. The number of benzene rings is 3. The lowest BCUT2D eigenvalue weighted by molar-refractivity contribution is -0.139. The minimum atomic E-state index is -1.14. The van der Waals surface area contributed by atoms with Gasteiger partial charge in [0.25, 0.3) is 0 Å². The largest absolute Gasteiger partial charge is 0.480 e. The van der Waals surface area contributed by atoms with Crippen LogP contribution in [-0.4, -0.2) is 36.6 Å². The molecule has 1 aliphatic carbocycles. The molecular formula is C25H21NO6. The molecule has 7 nitrogen and oxygen atoms in total. The summed E-state index contributed by atoms with van der Waals surface area (Å²) in [4.78, 5) is 24.2. The molecule has 3 aromatic rings. The van der Waals surface area contributed by atoms with E-state index >= 15 is 0 Å². The highest BCUT2D eigenvalue weighted by Crippen LogP contribution is 2.44. The molecule has 3 aromatic carbocycles. The molecule has 162 valence electrons. The zero-order chi connectivity index (χ0) is 22.1. The van der Waals surface area contributed by atoms with E-state index in [-0.39, 0.29) is 25.7 Å². The van der Waals surface area contributed by atoms with E-state index in [1.165, 1.54) is 0 Å². The molecule has 0 radical (unpaired) electrons. The fourth-order valence-electron chi connectivity index (χ4n) is 4.29. The van der Waals surface area contributed by atoms with E-state index < -0.39 is 18.1 Å². The Labute approximate surface area is 184 Å². The van der Waals surface area contributed by atoms with E-state index in [0.717, 1.165) is 22.3 Å². The Hall–Kier alpha value is -4.00. The Morgan fingerprint density at radius 3 is 2.31 bits per heavy atom. The van der Waals surface area contributed by atoms with Crippen molar-refractivity contribution in [1.82, 2.24) is 5.32 Å². The topological polar surface area (TPSA) is 94.1 Å². The highest BCUT2D eigenvalue weighted by Gasteiger charge is 2.30. The number of carboxylic acids is 1. The molecule has 0 saturated heterocycles. The third-order valence-electron chi connectivity index (χ3n) is 5.81. The SMILES string of the molecule is O=C(N[C@H](Cc1ccc2c(c1)OCO2)C(=O)O)OCC1c2ccccc2-c2ccccc21. The van der Waals surface area contributed by atoms with E-state index in [9.17, 15) is 14.7 Å². The van der Waals surface area contributed by atoms with E-state index in [4.69, 9.17) is 14.2 Å². The number of nitrogens with one attached hydrogen (secondary N) is 1. The number of ether oxygens (including phenoxy) is 3. The lowest BCUT2D eigenvalue weighted by Gasteiger charge is -2.17. The summed E-state index contributed by atoms with van der Waals surface area (Å²) in [5.41, 5.74) is 5.15.